The second-order valence-electron chi connectivity index (χ2n) is 3.86. The van der Waals surface area contributed by atoms with Crippen molar-refractivity contribution in [2.24, 2.45) is 5.92 Å². The van der Waals surface area contributed by atoms with Gasteiger partial charge in [0.2, 0.25) is 0 Å². The molecule has 1 rings (SSSR count). The van der Waals surface area contributed by atoms with Crippen molar-refractivity contribution in [1.29, 1.82) is 0 Å². The maximum atomic E-state index is 9.38. The zero-order valence-corrected chi connectivity index (χ0v) is 8.68. The van der Waals surface area contributed by atoms with Crippen molar-refractivity contribution in [2.45, 2.75) is 31.7 Å². The molecule has 1 unspecified atom stereocenters. The molecule has 0 aromatic rings. The van der Waals surface area contributed by atoms with E-state index in [-0.39, 0.29) is 12.1 Å². The molecule has 0 radical (unpaired) electrons. The van der Waals surface area contributed by atoms with E-state index in [2.05, 4.69) is 12.2 Å². The second-order valence-corrected chi connectivity index (χ2v) is 3.86. The largest absolute Gasteiger partial charge is 0.394 e. The Bertz CT molecular complexity index is 142. The highest BCUT2D eigenvalue weighted by molar-refractivity contribution is 4.99. The van der Waals surface area contributed by atoms with Crippen LogP contribution in [0.25, 0.3) is 0 Å². The Morgan fingerprint density at radius 1 is 1.54 bits per heavy atom. The maximum absolute atomic E-state index is 9.38. The van der Waals surface area contributed by atoms with Crippen LogP contribution < -0.4 is 5.32 Å². The Morgan fingerprint density at radius 2 is 2.23 bits per heavy atom. The molecule has 0 aliphatic heterocycles. The van der Waals surface area contributed by atoms with Gasteiger partial charge in [0.05, 0.1) is 13.2 Å². The lowest BCUT2D eigenvalue weighted by atomic mass is 9.91. The summed E-state index contributed by atoms with van der Waals surface area (Å²) < 4.78 is 4.98. The second kappa shape index (κ2) is 4.94. The molecule has 3 heteroatoms. The smallest absolute Gasteiger partial charge is 0.0615 e. The maximum Gasteiger partial charge on any atom is 0.0615 e. The lowest BCUT2D eigenvalue weighted by molar-refractivity contribution is 0.118. The monoisotopic (exact) mass is 187 g/mol. The van der Waals surface area contributed by atoms with E-state index in [0.29, 0.717) is 12.5 Å². The number of ether oxygens (including phenoxy) is 1. The predicted octanol–water partition coefficient (Wildman–Crippen LogP) is 0.773. The van der Waals surface area contributed by atoms with E-state index in [4.69, 9.17) is 4.74 Å². The Labute approximate surface area is 80.5 Å². The first kappa shape index (κ1) is 11.0. The highest BCUT2D eigenvalue weighted by atomic mass is 16.5. The average Bonchev–Trinajstić information content (AvgIpc) is 2.97. The lowest BCUT2D eigenvalue weighted by Gasteiger charge is -2.32. The molecule has 3 nitrogen and oxygen atoms in total. The normalized spacial score (nSPS) is 21.5. The molecule has 0 saturated heterocycles. The molecule has 1 aliphatic carbocycles. The molecule has 1 saturated carbocycles. The lowest BCUT2D eigenvalue weighted by Crippen LogP contribution is -2.51. The molecule has 0 heterocycles. The fourth-order valence-electron chi connectivity index (χ4n) is 1.89. The SMILES string of the molecule is CCC(CO)(NCCOC)C1CC1. The predicted molar refractivity (Wildman–Crippen MR) is 52.7 cm³/mol. The number of nitrogens with one attached hydrogen (secondary N) is 1. The summed E-state index contributed by atoms with van der Waals surface area (Å²) in [4.78, 5) is 0. The number of hydrogen-bond acceptors (Lipinski definition) is 3. The zero-order chi connectivity index (χ0) is 9.73. The molecule has 1 atom stereocenters. The molecule has 2 N–H and O–H groups in total. The molecule has 1 aliphatic rings. The van der Waals surface area contributed by atoms with Gasteiger partial charge in [-0.1, -0.05) is 6.92 Å². The summed E-state index contributed by atoms with van der Waals surface area (Å²) in [6, 6.07) is 0. The Balaban J connectivity index is 2.35. The van der Waals surface area contributed by atoms with Crippen LogP contribution in [-0.2, 0) is 4.74 Å². The van der Waals surface area contributed by atoms with E-state index in [9.17, 15) is 5.11 Å². The molecule has 13 heavy (non-hydrogen) atoms. The fraction of sp³-hybridized carbons (Fsp3) is 1.00. The van der Waals surface area contributed by atoms with Crippen LogP contribution in [0.5, 0.6) is 0 Å². The van der Waals surface area contributed by atoms with Gasteiger partial charge in [0.25, 0.3) is 0 Å². The minimum Gasteiger partial charge on any atom is -0.394 e. The van der Waals surface area contributed by atoms with Gasteiger partial charge >= 0.3 is 0 Å². The first-order valence-corrected chi connectivity index (χ1v) is 5.14. The summed E-state index contributed by atoms with van der Waals surface area (Å²) in [5, 5.41) is 12.8. The van der Waals surface area contributed by atoms with Crippen molar-refractivity contribution in [3.05, 3.63) is 0 Å². The Hall–Kier alpha value is -0.120. The number of rotatable bonds is 7. The van der Waals surface area contributed by atoms with Crippen molar-refractivity contribution in [3.63, 3.8) is 0 Å². The third-order valence-corrected chi connectivity index (χ3v) is 3.06. The summed E-state index contributed by atoms with van der Waals surface area (Å²) in [7, 11) is 1.70. The standard InChI is InChI=1S/C10H21NO2/c1-3-10(8-12,9-4-5-9)11-6-7-13-2/h9,11-12H,3-8H2,1-2H3. The zero-order valence-electron chi connectivity index (χ0n) is 8.68. The van der Waals surface area contributed by atoms with Gasteiger partial charge in [0.1, 0.15) is 0 Å². The van der Waals surface area contributed by atoms with E-state index in [1.54, 1.807) is 7.11 Å². The van der Waals surface area contributed by atoms with Gasteiger partial charge in [-0.3, -0.25) is 0 Å². The first-order chi connectivity index (χ1) is 6.29. The van der Waals surface area contributed by atoms with Gasteiger partial charge in [0.15, 0.2) is 0 Å². The summed E-state index contributed by atoms with van der Waals surface area (Å²) in [5.41, 5.74) is -0.0292. The molecule has 0 spiro atoms. The van der Waals surface area contributed by atoms with Crippen LogP contribution in [0.2, 0.25) is 0 Å². The van der Waals surface area contributed by atoms with E-state index in [1.165, 1.54) is 12.8 Å². The van der Waals surface area contributed by atoms with Crippen molar-refractivity contribution in [2.75, 3.05) is 26.9 Å². The van der Waals surface area contributed by atoms with Crippen molar-refractivity contribution >= 4 is 0 Å². The van der Waals surface area contributed by atoms with Crippen LogP contribution in [0, 0.1) is 5.92 Å². The molecule has 0 aromatic heterocycles. The molecule has 78 valence electrons. The molecule has 0 amide bonds. The van der Waals surface area contributed by atoms with Gasteiger partial charge in [-0.05, 0) is 25.2 Å². The fourth-order valence-corrected chi connectivity index (χ4v) is 1.89. The van der Waals surface area contributed by atoms with Crippen LogP contribution >= 0.6 is 0 Å². The summed E-state index contributed by atoms with van der Waals surface area (Å²) in [6.07, 6.45) is 3.51. The van der Waals surface area contributed by atoms with E-state index < -0.39 is 0 Å². The van der Waals surface area contributed by atoms with Crippen LogP contribution in [0.3, 0.4) is 0 Å². The Morgan fingerprint density at radius 3 is 2.62 bits per heavy atom. The van der Waals surface area contributed by atoms with Gasteiger partial charge in [-0.2, -0.15) is 0 Å². The number of hydrogen-bond donors (Lipinski definition) is 2. The highest BCUT2D eigenvalue weighted by Gasteiger charge is 2.42. The number of aliphatic hydroxyl groups is 1. The van der Waals surface area contributed by atoms with E-state index in [0.717, 1.165) is 13.0 Å². The van der Waals surface area contributed by atoms with Gasteiger partial charge in [-0.15, -0.1) is 0 Å². The van der Waals surface area contributed by atoms with Gasteiger partial charge in [0, 0.05) is 19.2 Å². The van der Waals surface area contributed by atoms with Crippen LogP contribution in [0.4, 0.5) is 0 Å². The van der Waals surface area contributed by atoms with Crippen LogP contribution in [0.1, 0.15) is 26.2 Å². The molecule has 1 fully saturated rings. The van der Waals surface area contributed by atoms with E-state index >= 15 is 0 Å². The number of methoxy groups -OCH3 is 1. The third-order valence-electron chi connectivity index (χ3n) is 3.06. The summed E-state index contributed by atoms with van der Waals surface area (Å²) in [5.74, 6) is 0.680. The van der Waals surface area contributed by atoms with Crippen molar-refractivity contribution < 1.29 is 9.84 Å². The third kappa shape index (κ3) is 2.66. The quantitative estimate of drug-likeness (QED) is 0.579. The molecular weight excluding hydrogens is 166 g/mol. The van der Waals surface area contributed by atoms with Crippen molar-refractivity contribution in [1.82, 2.24) is 5.32 Å². The first-order valence-electron chi connectivity index (χ1n) is 5.14. The topological polar surface area (TPSA) is 41.5 Å². The molecular formula is C10H21NO2. The van der Waals surface area contributed by atoms with Gasteiger partial charge < -0.3 is 15.2 Å². The number of aliphatic hydroxyl groups excluding tert-OH is 1. The van der Waals surface area contributed by atoms with Gasteiger partial charge in [-0.25, -0.2) is 0 Å². The molecule has 0 aromatic carbocycles. The highest BCUT2D eigenvalue weighted by Crippen LogP contribution is 2.41. The average molecular weight is 187 g/mol. The van der Waals surface area contributed by atoms with Crippen LogP contribution in [-0.4, -0.2) is 37.5 Å². The minimum absolute atomic E-state index is 0.0292. The summed E-state index contributed by atoms with van der Waals surface area (Å²) in [6.45, 7) is 3.93. The molecule has 0 bridgehead atoms. The van der Waals surface area contributed by atoms with Crippen LogP contribution in [0.15, 0.2) is 0 Å². The van der Waals surface area contributed by atoms with Crippen molar-refractivity contribution in [3.8, 4) is 0 Å². The minimum atomic E-state index is -0.0292. The summed E-state index contributed by atoms with van der Waals surface area (Å²) >= 11 is 0. The van der Waals surface area contributed by atoms with E-state index in [1.807, 2.05) is 0 Å². The Kier molecular flexibility index (Phi) is 4.16.